The van der Waals surface area contributed by atoms with E-state index in [0.717, 1.165) is 22.8 Å². The minimum atomic E-state index is 0.234. The Morgan fingerprint density at radius 3 is 2.37 bits per heavy atom. The van der Waals surface area contributed by atoms with Crippen LogP contribution in [0.3, 0.4) is 0 Å². The first-order valence-corrected chi connectivity index (χ1v) is 6.81. The molecule has 100 valence electrons. The van der Waals surface area contributed by atoms with Crippen molar-refractivity contribution in [3.63, 3.8) is 0 Å². The van der Waals surface area contributed by atoms with Crippen LogP contribution in [0, 0.1) is 0 Å². The smallest absolute Gasteiger partial charge is 0.119 e. The van der Waals surface area contributed by atoms with Crippen LogP contribution in [0.1, 0.15) is 17.9 Å². The third kappa shape index (κ3) is 3.98. The average molecular weight is 276 g/mol. The van der Waals surface area contributed by atoms with Crippen LogP contribution in [0.15, 0.2) is 54.6 Å². The van der Waals surface area contributed by atoms with E-state index in [1.54, 1.807) is 0 Å². The number of hydrogen-bond acceptors (Lipinski definition) is 2. The Morgan fingerprint density at radius 1 is 1.00 bits per heavy atom. The molecule has 0 saturated carbocycles. The topological polar surface area (TPSA) is 35.2 Å². The molecule has 2 aromatic carbocycles. The number of halogens is 1. The van der Waals surface area contributed by atoms with Crippen LogP contribution in [-0.2, 0) is 0 Å². The highest BCUT2D eigenvalue weighted by Crippen LogP contribution is 2.26. The maximum absolute atomic E-state index is 6.20. The molecule has 0 fully saturated rings. The fourth-order valence-electron chi connectivity index (χ4n) is 2.04. The molecule has 0 saturated heterocycles. The van der Waals surface area contributed by atoms with Gasteiger partial charge in [0.25, 0.3) is 0 Å². The standard InChI is InChI=1S/C16H18ClNO/c17-16-9-5-4-8-15(16)13(12-18)10-11-19-14-6-2-1-3-7-14/h1-9,13H,10-12,18H2. The zero-order valence-electron chi connectivity index (χ0n) is 10.8. The molecule has 0 aliphatic rings. The predicted molar refractivity (Wildman–Crippen MR) is 79.8 cm³/mol. The van der Waals surface area contributed by atoms with Gasteiger partial charge in [0, 0.05) is 10.9 Å². The van der Waals surface area contributed by atoms with E-state index in [1.807, 2.05) is 54.6 Å². The van der Waals surface area contributed by atoms with Gasteiger partial charge in [0.1, 0.15) is 5.75 Å². The maximum Gasteiger partial charge on any atom is 0.119 e. The zero-order valence-corrected chi connectivity index (χ0v) is 11.5. The highest BCUT2D eigenvalue weighted by molar-refractivity contribution is 6.31. The Morgan fingerprint density at radius 2 is 1.68 bits per heavy atom. The first-order chi connectivity index (χ1) is 9.31. The van der Waals surface area contributed by atoms with Crippen LogP contribution >= 0.6 is 11.6 Å². The molecule has 3 heteroatoms. The van der Waals surface area contributed by atoms with Gasteiger partial charge in [-0.05, 0) is 36.7 Å². The van der Waals surface area contributed by atoms with Crippen molar-refractivity contribution in [3.8, 4) is 5.75 Å². The van der Waals surface area contributed by atoms with Crippen molar-refractivity contribution in [1.82, 2.24) is 0 Å². The monoisotopic (exact) mass is 275 g/mol. The Kier molecular flexibility index (Phi) is 5.25. The summed E-state index contributed by atoms with van der Waals surface area (Å²) in [4.78, 5) is 0. The molecule has 0 aromatic heterocycles. The molecule has 0 heterocycles. The molecule has 0 aliphatic carbocycles. The number of hydrogen-bond donors (Lipinski definition) is 1. The van der Waals surface area contributed by atoms with Crippen molar-refractivity contribution in [1.29, 1.82) is 0 Å². The molecule has 0 radical (unpaired) electrons. The van der Waals surface area contributed by atoms with E-state index >= 15 is 0 Å². The van der Waals surface area contributed by atoms with Gasteiger partial charge in [-0.2, -0.15) is 0 Å². The Labute approximate surface area is 119 Å². The molecular weight excluding hydrogens is 258 g/mol. The van der Waals surface area contributed by atoms with E-state index < -0.39 is 0 Å². The predicted octanol–water partition coefficient (Wildman–Crippen LogP) is 3.85. The first-order valence-electron chi connectivity index (χ1n) is 6.43. The van der Waals surface area contributed by atoms with Gasteiger partial charge in [-0.15, -0.1) is 0 Å². The quantitative estimate of drug-likeness (QED) is 0.869. The van der Waals surface area contributed by atoms with Crippen molar-refractivity contribution in [2.24, 2.45) is 5.73 Å². The molecule has 0 aliphatic heterocycles. The van der Waals surface area contributed by atoms with Crippen molar-refractivity contribution in [2.75, 3.05) is 13.2 Å². The molecule has 1 unspecified atom stereocenters. The maximum atomic E-state index is 6.20. The van der Waals surface area contributed by atoms with E-state index in [0.29, 0.717) is 13.2 Å². The van der Waals surface area contributed by atoms with Crippen molar-refractivity contribution < 1.29 is 4.74 Å². The fourth-order valence-corrected chi connectivity index (χ4v) is 2.33. The minimum Gasteiger partial charge on any atom is -0.494 e. The summed E-state index contributed by atoms with van der Waals surface area (Å²) in [6, 6.07) is 17.6. The largest absolute Gasteiger partial charge is 0.494 e. The van der Waals surface area contributed by atoms with Gasteiger partial charge in [0.05, 0.1) is 6.61 Å². The second-order valence-electron chi connectivity index (χ2n) is 4.40. The van der Waals surface area contributed by atoms with E-state index in [4.69, 9.17) is 22.1 Å². The van der Waals surface area contributed by atoms with E-state index in [2.05, 4.69) is 0 Å². The molecule has 2 N–H and O–H groups in total. The van der Waals surface area contributed by atoms with Gasteiger partial charge >= 0.3 is 0 Å². The summed E-state index contributed by atoms with van der Waals surface area (Å²) < 4.78 is 5.70. The van der Waals surface area contributed by atoms with Gasteiger partial charge in [-0.25, -0.2) is 0 Å². The minimum absolute atomic E-state index is 0.234. The summed E-state index contributed by atoms with van der Waals surface area (Å²) in [5.74, 6) is 1.12. The number of benzene rings is 2. The average Bonchev–Trinajstić information content (AvgIpc) is 2.46. The lowest BCUT2D eigenvalue weighted by Crippen LogP contribution is -2.16. The van der Waals surface area contributed by atoms with E-state index in [-0.39, 0.29) is 5.92 Å². The van der Waals surface area contributed by atoms with Crippen LogP contribution in [-0.4, -0.2) is 13.2 Å². The number of nitrogens with two attached hydrogens (primary N) is 1. The number of ether oxygens (including phenoxy) is 1. The molecule has 19 heavy (non-hydrogen) atoms. The Hall–Kier alpha value is -1.51. The summed E-state index contributed by atoms with van der Waals surface area (Å²) >= 11 is 6.20. The summed E-state index contributed by atoms with van der Waals surface area (Å²) in [5.41, 5.74) is 6.94. The molecular formula is C16H18ClNO. The summed E-state index contributed by atoms with van der Waals surface area (Å²) in [6.45, 7) is 1.21. The molecule has 0 amide bonds. The highest BCUT2D eigenvalue weighted by Gasteiger charge is 2.12. The number of para-hydroxylation sites is 1. The zero-order chi connectivity index (χ0) is 13.5. The van der Waals surface area contributed by atoms with Crippen molar-refractivity contribution >= 4 is 11.6 Å². The number of rotatable bonds is 6. The fraction of sp³-hybridized carbons (Fsp3) is 0.250. The lowest BCUT2D eigenvalue weighted by atomic mass is 9.96. The Balaban J connectivity index is 1.92. The van der Waals surface area contributed by atoms with E-state index in [9.17, 15) is 0 Å². The molecule has 2 rings (SSSR count). The second-order valence-corrected chi connectivity index (χ2v) is 4.81. The summed E-state index contributed by atoms with van der Waals surface area (Å²) in [7, 11) is 0. The molecule has 1 atom stereocenters. The molecule has 2 nitrogen and oxygen atoms in total. The van der Waals surface area contributed by atoms with Crippen LogP contribution in [0.4, 0.5) is 0 Å². The van der Waals surface area contributed by atoms with Gasteiger partial charge in [-0.1, -0.05) is 48.0 Å². The third-order valence-electron chi connectivity index (χ3n) is 3.11. The summed E-state index contributed by atoms with van der Waals surface area (Å²) in [5, 5.41) is 0.776. The van der Waals surface area contributed by atoms with Gasteiger partial charge in [0.2, 0.25) is 0 Å². The lowest BCUT2D eigenvalue weighted by Gasteiger charge is -2.17. The normalized spacial score (nSPS) is 12.1. The van der Waals surface area contributed by atoms with Gasteiger partial charge in [0.15, 0.2) is 0 Å². The first kappa shape index (κ1) is 13.9. The van der Waals surface area contributed by atoms with Crippen LogP contribution in [0.5, 0.6) is 5.75 Å². The molecule has 0 bridgehead atoms. The molecule has 2 aromatic rings. The third-order valence-corrected chi connectivity index (χ3v) is 3.45. The van der Waals surface area contributed by atoms with Crippen molar-refractivity contribution in [2.45, 2.75) is 12.3 Å². The lowest BCUT2D eigenvalue weighted by molar-refractivity contribution is 0.298. The summed E-state index contributed by atoms with van der Waals surface area (Å²) in [6.07, 6.45) is 0.856. The van der Waals surface area contributed by atoms with Gasteiger partial charge in [-0.3, -0.25) is 0 Å². The van der Waals surface area contributed by atoms with E-state index in [1.165, 1.54) is 0 Å². The van der Waals surface area contributed by atoms with Crippen LogP contribution < -0.4 is 10.5 Å². The highest BCUT2D eigenvalue weighted by atomic mass is 35.5. The van der Waals surface area contributed by atoms with Crippen LogP contribution in [0.2, 0.25) is 5.02 Å². The molecule has 0 spiro atoms. The van der Waals surface area contributed by atoms with Gasteiger partial charge < -0.3 is 10.5 Å². The van der Waals surface area contributed by atoms with Crippen molar-refractivity contribution in [3.05, 3.63) is 65.2 Å². The van der Waals surface area contributed by atoms with Crippen LogP contribution in [0.25, 0.3) is 0 Å². The SMILES string of the molecule is NCC(CCOc1ccccc1)c1ccccc1Cl. The second kappa shape index (κ2) is 7.17. The Bertz CT molecular complexity index is 501.